The van der Waals surface area contributed by atoms with E-state index in [9.17, 15) is 0 Å². The van der Waals surface area contributed by atoms with Crippen molar-refractivity contribution in [2.75, 3.05) is 13.6 Å². The third-order valence-corrected chi connectivity index (χ3v) is 1.71. The summed E-state index contributed by atoms with van der Waals surface area (Å²) in [5.41, 5.74) is 0. The molecule has 0 N–H and O–H groups in total. The second-order valence-electron chi connectivity index (χ2n) is 2.31. The van der Waals surface area contributed by atoms with Crippen molar-refractivity contribution >= 4 is 12.4 Å². The minimum absolute atomic E-state index is 0. The molecule has 1 atom stereocenters. The van der Waals surface area contributed by atoms with Gasteiger partial charge in [0.05, 0.1) is 6.04 Å². The summed E-state index contributed by atoms with van der Waals surface area (Å²) in [6.07, 6.45) is 7.69. The minimum atomic E-state index is 0. The summed E-state index contributed by atoms with van der Waals surface area (Å²) < 4.78 is 0. The molecule has 9 heavy (non-hydrogen) atoms. The van der Waals surface area contributed by atoms with E-state index in [0.717, 1.165) is 0 Å². The average Bonchev–Trinajstić information content (AvgIpc) is 2.14. The normalized spacial score (nSPS) is 26.9. The number of hydrogen-bond acceptors (Lipinski definition) is 1. The monoisotopic (exact) mass is 145 g/mol. The van der Waals surface area contributed by atoms with Gasteiger partial charge in [-0.15, -0.1) is 18.8 Å². The first kappa shape index (κ1) is 8.81. The van der Waals surface area contributed by atoms with Crippen LogP contribution in [0.15, 0.2) is 0 Å². The number of halogens is 1. The van der Waals surface area contributed by atoms with Crippen molar-refractivity contribution < 1.29 is 0 Å². The summed E-state index contributed by atoms with van der Waals surface area (Å²) in [5, 5.41) is 0. The fourth-order valence-corrected chi connectivity index (χ4v) is 1.12. The molecule has 0 spiro atoms. The number of terminal acetylenes is 1. The molecule has 1 unspecified atom stereocenters. The Hall–Kier alpha value is -0.190. The molecule has 1 saturated heterocycles. The molecule has 2 heteroatoms. The van der Waals surface area contributed by atoms with E-state index >= 15 is 0 Å². The maximum atomic E-state index is 5.23. The smallest absolute Gasteiger partial charge is 0.0709 e. The van der Waals surface area contributed by atoms with E-state index in [1.807, 2.05) is 0 Å². The number of likely N-dealkylation sites (tertiary alicyclic amines) is 1. The molecule has 0 aromatic heterocycles. The van der Waals surface area contributed by atoms with Crippen molar-refractivity contribution in [1.29, 1.82) is 0 Å². The van der Waals surface area contributed by atoms with Crippen LogP contribution < -0.4 is 0 Å². The van der Waals surface area contributed by atoms with Crippen LogP contribution in [0.1, 0.15) is 12.8 Å². The van der Waals surface area contributed by atoms with E-state index < -0.39 is 0 Å². The van der Waals surface area contributed by atoms with Gasteiger partial charge in [-0.2, -0.15) is 0 Å². The Bertz CT molecular complexity index is 117. The highest BCUT2D eigenvalue weighted by Crippen LogP contribution is 2.12. The van der Waals surface area contributed by atoms with Crippen molar-refractivity contribution in [1.82, 2.24) is 4.90 Å². The zero-order chi connectivity index (χ0) is 5.98. The fraction of sp³-hybridized carbons (Fsp3) is 0.714. The average molecular weight is 146 g/mol. The van der Waals surface area contributed by atoms with Gasteiger partial charge < -0.3 is 0 Å². The number of nitrogens with zero attached hydrogens (tertiary/aromatic N) is 1. The molecule has 0 saturated carbocycles. The van der Waals surface area contributed by atoms with E-state index in [1.165, 1.54) is 19.4 Å². The Morgan fingerprint density at radius 3 is 2.56 bits per heavy atom. The molecule has 1 aliphatic rings. The van der Waals surface area contributed by atoms with Gasteiger partial charge in [0.1, 0.15) is 0 Å². The van der Waals surface area contributed by atoms with Crippen LogP contribution in [-0.4, -0.2) is 24.5 Å². The summed E-state index contributed by atoms with van der Waals surface area (Å²) in [5.74, 6) is 2.74. The molecule has 0 aliphatic carbocycles. The van der Waals surface area contributed by atoms with Crippen LogP contribution in [0, 0.1) is 12.3 Å². The maximum Gasteiger partial charge on any atom is 0.0709 e. The standard InChI is InChI=1S/C7H11N.ClH/c1-3-7-5-4-6-8(7)2;/h1,7H,4-6H2,2H3;1H. The Morgan fingerprint density at radius 1 is 1.67 bits per heavy atom. The first-order chi connectivity index (χ1) is 3.84. The topological polar surface area (TPSA) is 3.24 Å². The van der Waals surface area contributed by atoms with E-state index in [4.69, 9.17) is 6.42 Å². The minimum Gasteiger partial charge on any atom is -0.293 e. The van der Waals surface area contributed by atoms with Gasteiger partial charge in [-0.3, -0.25) is 4.90 Å². The molecule has 0 bridgehead atoms. The Kier molecular flexibility index (Phi) is 3.68. The molecular formula is C7H12ClN. The molecule has 0 radical (unpaired) electrons. The zero-order valence-electron chi connectivity index (χ0n) is 5.63. The van der Waals surface area contributed by atoms with Gasteiger partial charge in [-0.05, 0) is 26.4 Å². The Balaban J connectivity index is 0.000000640. The van der Waals surface area contributed by atoms with Gasteiger partial charge in [-0.25, -0.2) is 0 Å². The molecule has 52 valence electrons. The van der Waals surface area contributed by atoms with Gasteiger partial charge in [0.25, 0.3) is 0 Å². The molecule has 1 aliphatic heterocycles. The highest BCUT2D eigenvalue weighted by atomic mass is 35.5. The second kappa shape index (κ2) is 3.76. The highest BCUT2D eigenvalue weighted by molar-refractivity contribution is 5.85. The van der Waals surface area contributed by atoms with Crippen LogP contribution in [0.4, 0.5) is 0 Å². The van der Waals surface area contributed by atoms with E-state index in [0.29, 0.717) is 6.04 Å². The van der Waals surface area contributed by atoms with Crippen molar-refractivity contribution in [3.8, 4) is 12.3 Å². The zero-order valence-corrected chi connectivity index (χ0v) is 6.45. The number of rotatable bonds is 0. The summed E-state index contributed by atoms with van der Waals surface area (Å²) in [7, 11) is 2.08. The molecule has 1 rings (SSSR count). The predicted octanol–water partition coefficient (Wildman–Crippen LogP) is 1.14. The summed E-state index contributed by atoms with van der Waals surface area (Å²) in [6.45, 7) is 1.18. The first-order valence-electron chi connectivity index (χ1n) is 3.01. The quantitative estimate of drug-likeness (QED) is 0.462. The fourth-order valence-electron chi connectivity index (χ4n) is 1.12. The van der Waals surface area contributed by atoms with Crippen molar-refractivity contribution in [2.24, 2.45) is 0 Å². The molecule has 1 nitrogen and oxygen atoms in total. The van der Waals surface area contributed by atoms with Crippen molar-refractivity contribution in [3.63, 3.8) is 0 Å². The second-order valence-corrected chi connectivity index (χ2v) is 2.31. The predicted molar refractivity (Wildman–Crippen MR) is 41.7 cm³/mol. The molecule has 1 fully saturated rings. The van der Waals surface area contributed by atoms with Crippen LogP contribution in [0.25, 0.3) is 0 Å². The van der Waals surface area contributed by atoms with Crippen molar-refractivity contribution in [3.05, 3.63) is 0 Å². The summed E-state index contributed by atoms with van der Waals surface area (Å²) in [6, 6.07) is 0.426. The molecule has 1 heterocycles. The van der Waals surface area contributed by atoms with Gasteiger partial charge in [-0.1, -0.05) is 5.92 Å². The lowest BCUT2D eigenvalue weighted by Gasteiger charge is -2.11. The number of hydrogen-bond donors (Lipinski definition) is 0. The van der Waals surface area contributed by atoms with Gasteiger partial charge in [0, 0.05) is 0 Å². The van der Waals surface area contributed by atoms with Crippen LogP contribution in [0.3, 0.4) is 0 Å². The van der Waals surface area contributed by atoms with Gasteiger partial charge in [0.15, 0.2) is 0 Å². The third kappa shape index (κ3) is 1.89. The lowest BCUT2D eigenvalue weighted by molar-refractivity contribution is 0.366. The van der Waals surface area contributed by atoms with Crippen LogP contribution in [0.5, 0.6) is 0 Å². The van der Waals surface area contributed by atoms with Crippen LogP contribution >= 0.6 is 12.4 Å². The Labute approximate surface area is 62.8 Å². The van der Waals surface area contributed by atoms with Gasteiger partial charge >= 0.3 is 0 Å². The van der Waals surface area contributed by atoms with Crippen LogP contribution in [-0.2, 0) is 0 Å². The largest absolute Gasteiger partial charge is 0.293 e. The van der Waals surface area contributed by atoms with Gasteiger partial charge in [0.2, 0.25) is 0 Å². The summed E-state index contributed by atoms with van der Waals surface area (Å²) in [4.78, 5) is 2.22. The SMILES string of the molecule is C#CC1CCCN1C.Cl. The maximum absolute atomic E-state index is 5.23. The van der Waals surface area contributed by atoms with Crippen LogP contribution in [0.2, 0.25) is 0 Å². The lowest BCUT2D eigenvalue weighted by Crippen LogP contribution is -2.22. The van der Waals surface area contributed by atoms with E-state index in [-0.39, 0.29) is 12.4 Å². The molecule has 0 aromatic rings. The molecular weight excluding hydrogens is 134 g/mol. The molecule has 0 aromatic carbocycles. The van der Waals surface area contributed by atoms with E-state index in [2.05, 4.69) is 17.9 Å². The van der Waals surface area contributed by atoms with E-state index in [1.54, 1.807) is 0 Å². The van der Waals surface area contributed by atoms with Crippen molar-refractivity contribution in [2.45, 2.75) is 18.9 Å². The lowest BCUT2D eigenvalue weighted by atomic mass is 10.2. The highest BCUT2D eigenvalue weighted by Gasteiger charge is 2.17. The Morgan fingerprint density at radius 2 is 2.33 bits per heavy atom. The third-order valence-electron chi connectivity index (χ3n) is 1.71. The molecule has 0 amide bonds. The first-order valence-corrected chi connectivity index (χ1v) is 3.01. The summed E-state index contributed by atoms with van der Waals surface area (Å²) >= 11 is 0.